The lowest BCUT2D eigenvalue weighted by Gasteiger charge is -2.31. The van der Waals surface area contributed by atoms with Crippen molar-refractivity contribution in [2.75, 3.05) is 24.6 Å². The smallest absolute Gasteiger partial charge is 0.206 e. The molecular weight excluding hydrogens is 238 g/mol. The van der Waals surface area contributed by atoms with Crippen molar-refractivity contribution in [1.29, 1.82) is 0 Å². The molecule has 1 saturated heterocycles. The number of aliphatic hydroxyl groups excluding tert-OH is 1. The molecule has 0 bridgehead atoms. The monoisotopic (exact) mass is 259 g/mol. The zero-order chi connectivity index (χ0) is 13.2. The summed E-state index contributed by atoms with van der Waals surface area (Å²) in [6, 6.07) is 8.16. The molecule has 2 aromatic rings. The highest BCUT2D eigenvalue weighted by Gasteiger charge is 2.21. The van der Waals surface area contributed by atoms with E-state index in [9.17, 15) is 5.11 Å². The van der Waals surface area contributed by atoms with Crippen LogP contribution in [0.1, 0.15) is 19.8 Å². The topological polar surface area (TPSA) is 41.3 Å². The summed E-state index contributed by atoms with van der Waals surface area (Å²) in [5, 5.41) is 9.30. The van der Waals surface area contributed by atoms with E-state index in [4.69, 9.17) is 4.98 Å². The van der Waals surface area contributed by atoms with Crippen LogP contribution in [0.15, 0.2) is 24.3 Å². The summed E-state index contributed by atoms with van der Waals surface area (Å²) in [6.07, 6.45) is 2.45. The molecule has 4 nitrogen and oxygen atoms in total. The second-order valence-electron chi connectivity index (χ2n) is 5.45. The van der Waals surface area contributed by atoms with Gasteiger partial charge in [0.15, 0.2) is 0 Å². The number of para-hydroxylation sites is 2. The highest BCUT2D eigenvalue weighted by atomic mass is 16.3. The van der Waals surface area contributed by atoms with Crippen LogP contribution in [0.25, 0.3) is 11.0 Å². The van der Waals surface area contributed by atoms with Gasteiger partial charge in [0.05, 0.1) is 17.6 Å². The number of hydrogen-bond acceptors (Lipinski definition) is 3. The fraction of sp³-hybridized carbons (Fsp3) is 0.533. The first-order valence-electron chi connectivity index (χ1n) is 7.10. The maximum Gasteiger partial charge on any atom is 0.206 e. The number of nitrogens with zero attached hydrogens (tertiary/aromatic N) is 3. The predicted octanol–water partition coefficient (Wildman–Crippen LogP) is 2.26. The quantitative estimate of drug-likeness (QED) is 0.919. The summed E-state index contributed by atoms with van der Waals surface area (Å²) < 4.78 is 2.14. The van der Waals surface area contributed by atoms with Crippen molar-refractivity contribution in [3.05, 3.63) is 24.3 Å². The van der Waals surface area contributed by atoms with Gasteiger partial charge in [-0.25, -0.2) is 4.98 Å². The van der Waals surface area contributed by atoms with E-state index in [-0.39, 0.29) is 6.61 Å². The van der Waals surface area contributed by atoms with Gasteiger partial charge in [0.25, 0.3) is 0 Å². The van der Waals surface area contributed by atoms with E-state index in [1.54, 1.807) is 0 Å². The Morgan fingerprint density at radius 3 is 2.74 bits per heavy atom. The highest BCUT2D eigenvalue weighted by Crippen LogP contribution is 2.26. The van der Waals surface area contributed by atoms with Crippen LogP contribution in [0.3, 0.4) is 0 Å². The van der Waals surface area contributed by atoms with E-state index >= 15 is 0 Å². The minimum absolute atomic E-state index is 0.150. The normalized spacial score (nSPS) is 17.3. The molecule has 0 spiro atoms. The van der Waals surface area contributed by atoms with Crippen molar-refractivity contribution in [2.45, 2.75) is 26.3 Å². The molecule has 0 atom stereocenters. The Labute approximate surface area is 113 Å². The van der Waals surface area contributed by atoms with Crippen LogP contribution in [-0.4, -0.2) is 34.4 Å². The third-order valence-electron chi connectivity index (χ3n) is 4.02. The molecule has 1 aromatic heterocycles. The fourth-order valence-electron chi connectivity index (χ4n) is 2.83. The molecule has 0 saturated carbocycles. The number of fused-ring (bicyclic) bond motifs is 1. The van der Waals surface area contributed by atoms with Crippen molar-refractivity contribution >= 4 is 17.0 Å². The predicted molar refractivity (Wildman–Crippen MR) is 77.4 cm³/mol. The molecule has 1 fully saturated rings. The Balaban J connectivity index is 1.99. The number of benzene rings is 1. The second-order valence-corrected chi connectivity index (χ2v) is 5.45. The summed E-state index contributed by atoms with van der Waals surface area (Å²) in [5.41, 5.74) is 2.13. The molecule has 0 amide bonds. The third-order valence-corrected chi connectivity index (χ3v) is 4.02. The first-order valence-corrected chi connectivity index (χ1v) is 7.10. The van der Waals surface area contributed by atoms with Crippen LogP contribution >= 0.6 is 0 Å². The van der Waals surface area contributed by atoms with Gasteiger partial charge in [-0.2, -0.15) is 0 Å². The standard InChI is InChI=1S/C15H21N3O/c1-12-6-8-17(9-7-12)15-16-13-4-2-3-5-14(13)18(15)10-11-19/h2-5,12,19H,6-11H2,1H3. The zero-order valence-electron chi connectivity index (χ0n) is 11.4. The summed E-state index contributed by atoms with van der Waals surface area (Å²) in [4.78, 5) is 7.11. The first-order chi connectivity index (χ1) is 9.29. The van der Waals surface area contributed by atoms with E-state index in [0.29, 0.717) is 6.54 Å². The van der Waals surface area contributed by atoms with Crippen LogP contribution in [-0.2, 0) is 6.54 Å². The van der Waals surface area contributed by atoms with Crippen LogP contribution in [0.5, 0.6) is 0 Å². The molecule has 2 heterocycles. The minimum Gasteiger partial charge on any atom is -0.395 e. The Morgan fingerprint density at radius 1 is 1.26 bits per heavy atom. The maximum atomic E-state index is 9.30. The number of hydrogen-bond donors (Lipinski definition) is 1. The van der Waals surface area contributed by atoms with Gasteiger partial charge in [0.2, 0.25) is 5.95 Å². The zero-order valence-corrected chi connectivity index (χ0v) is 11.4. The number of aliphatic hydroxyl groups is 1. The molecule has 102 valence electrons. The first kappa shape index (κ1) is 12.5. The van der Waals surface area contributed by atoms with Crippen LogP contribution in [0.4, 0.5) is 5.95 Å². The molecule has 1 N–H and O–H groups in total. The van der Waals surface area contributed by atoms with Gasteiger partial charge in [-0.15, -0.1) is 0 Å². The molecule has 4 heteroatoms. The lowest BCUT2D eigenvalue weighted by molar-refractivity contribution is 0.277. The van der Waals surface area contributed by atoms with Gasteiger partial charge < -0.3 is 14.6 Å². The number of anilines is 1. The van der Waals surface area contributed by atoms with E-state index in [1.807, 2.05) is 18.2 Å². The fourth-order valence-corrected chi connectivity index (χ4v) is 2.83. The lowest BCUT2D eigenvalue weighted by Crippen LogP contribution is -2.35. The van der Waals surface area contributed by atoms with E-state index in [2.05, 4.69) is 22.5 Å². The van der Waals surface area contributed by atoms with Gasteiger partial charge in [0.1, 0.15) is 0 Å². The largest absolute Gasteiger partial charge is 0.395 e. The number of aromatic nitrogens is 2. The Hall–Kier alpha value is -1.55. The molecule has 0 aliphatic carbocycles. The van der Waals surface area contributed by atoms with Crippen molar-refractivity contribution < 1.29 is 5.11 Å². The highest BCUT2D eigenvalue weighted by molar-refractivity contribution is 5.78. The number of piperidine rings is 1. The molecule has 1 aliphatic heterocycles. The summed E-state index contributed by atoms with van der Waals surface area (Å²) in [7, 11) is 0. The van der Waals surface area contributed by atoms with Crippen molar-refractivity contribution in [1.82, 2.24) is 9.55 Å². The molecule has 1 aromatic carbocycles. The average Bonchev–Trinajstić information content (AvgIpc) is 2.79. The van der Waals surface area contributed by atoms with Gasteiger partial charge in [0, 0.05) is 19.6 Å². The third kappa shape index (κ3) is 2.32. The second kappa shape index (κ2) is 5.21. The molecule has 1 aliphatic rings. The Morgan fingerprint density at radius 2 is 2.00 bits per heavy atom. The summed E-state index contributed by atoms with van der Waals surface area (Å²) >= 11 is 0. The van der Waals surface area contributed by atoms with E-state index in [1.165, 1.54) is 12.8 Å². The van der Waals surface area contributed by atoms with Crippen molar-refractivity contribution in [3.8, 4) is 0 Å². The molecule has 0 unspecified atom stereocenters. The molecular formula is C15H21N3O. The maximum absolute atomic E-state index is 9.30. The summed E-state index contributed by atoms with van der Waals surface area (Å²) in [6.45, 7) is 5.21. The van der Waals surface area contributed by atoms with Gasteiger partial charge >= 0.3 is 0 Å². The van der Waals surface area contributed by atoms with E-state index in [0.717, 1.165) is 36.0 Å². The number of imidazole rings is 1. The Bertz CT molecular complexity index is 556. The molecule has 19 heavy (non-hydrogen) atoms. The summed E-state index contributed by atoms with van der Waals surface area (Å²) in [5.74, 6) is 1.83. The van der Waals surface area contributed by atoms with Crippen LogP contribution < -0.4 is 4.90 Å². The van der Waals surface area contributed by atoms with Gasteiger partial charge in [-0.1, -0.05) is 19.1 Å². The number of rotatable bonds is 3. The molecule has 3 rings (SSSR count). The average molecular weight is 259 g/mol. The van der Waals surface area contributed by atoms with Crippen molar-refractivity contribution in [2.24, 2.45) is 5.92 Å². The van der Waals surface area contributed by atoms with Crippen molar-refractivity contribution in [3.63, 3.8) is 0 Å². The molecule has 0 radical (unpaired) electrons. The lowest BCUT2D eigenvalue weighted by atomic mass is 10.00. The Kier molecular flexibility index (Phi) is 3.42. The van der Waals surface area contributed by atoms with Crippen LogP contribution in [0.2, 0.25) is 0 Å². The van der Waals surface area contributed by atoms with Gasteiger partial charge in [-0.3, -0.25) is 0 Å². The van der Waals surface area contributed by atoms with Gasteiger partial charge in [-0.05, 0) is 30.9 Å². The SMILES string of the molecule is CC1CCN(c2nc3ccccc3n2CCO)CC1. The van der Waals surface area contributed by atoms with Crippen LogP contribution in [0, 0.1) is 5.92 Å². The minimum atomic E-state index is 0.150. The van der Waals surface area contributed by atoms with E-state index < -0.39 is 0 Å².